The van der Waals surface area contributed by atoms with Gasteiger partial charge in [0.05, 0.1) is 6.20 Å². The Morgan fingerprint density at radius 1 is 1.50 bits per heavy atom. The minimum atomic E-state index is 0.0903. The van der Waals surface area contributed by atoms with Crippen LogP contribution in [-0.4, -0.2) is 29.5 Å². The van der Waals surface area contributed by atoms with Gasteiger partial charge in [0.25, 0.3) is 0 Å². The van der Waals surface area contributed by atoms with Crippen molar-refractivity contribution >= 4 is 0 Å². The molecule has 0 radical (unpaired) electrons. The first-order chi connectivity index (χ1) is 7.52. The Balaban J connectivity index is 2.27. The summed E-state index contributed by atoms with van der Waals surface area (Å²) < 4.78 is 7.87. The van der Waals surface area contributed by atoms with Crippen LogP contribution >= 0.6 is 0 Å². The molecule has 1 aliphatic heterocycles. The molecule has 0 amide bonds. The average Bonchev–Trinajstić information content (AvgIpc) is 2.52. The number of hydrogen-bond donors (Lipinski definition) is 1. The zero-order valence-electron chi connectivity index (χ0n) is 10.6. The average molecular weight is 223 g/mol. The molecule has 0 fully saturated rings. The van der Waals surface area contributed by atoms with E-state index in [0.717, 1.165) is 25.5 Å². The maximum absolute atomic E-state index is 5.89. The lowest BCUT2D eigenvalue weighted by Gasteiger charge is -2.19. The first-order valence-electron chi connectivity index (χ1n) is 5.88. The number of likely N-dealkylation sites (N-methyl/N-ethyl adjacent to an activating group) is 1. The molecule has 2 heterocycles. The van der Waals surface area contributed by atoms with E-state index in [4.69, 9.17) is 4.74 Å². The lowest BCUT2D eigenvalue weighted by Crippen LogP contribution is -2.31. The molecule has 4 nitrogen and oxygen atoms in total. The second-order valence-corrected chi connectivity index (χ2v) is 5.42. The zero-order valence-corrected chi connectivity index (χ0v) is 10.6. The first-order valence-corrected chi connectivity index (χ1v) is 5.88. The minimum Gasteiger partial charge on any atom is -0.476 e. The number of rotatable bonds is 1. The van der Waals surface area contributed by atoms with Crippen molar-refractivity contribution in [1.29, 1.82) is 0 Å². The molecule has 0 saturated carbocycles. The highest BCUT2D eigenvalue weighted by molar-refractivity contribution is 5.31. The lowest BCUT2D eigenvalue weighted by molar-refractivity contribution is 0.264. The fourth-order valence-corrected chi connectivity index (χ4v) is 1.97. The highest BCUT2D eigenvalue weighted by Crippen LogP contribution is 2.32. The predicted molar refractivity (Wildman–Crippen MR) is 63.9 cm³/mol. The van der Waals surface area contributed by atoms with Gasteiger partial charge in [-0.05, 0) is 18.9 Å². The number of nitrogens with one attached hydrogen (secondary N) is 1. The number of aromatic nitrogens is 2. The van der Waals surface area contributed by atoms with Gasteiger partial charge in [-0.2, -0.15) is 5.10 Å². The van der Waals surface area contributed by atoms with Crippen LogP contribution in [0, 0.1) is 0 Å². The van der Waals surface area contributed by atoms with E-state index in [9.17, 15) is 0 Å². The molecule has 16 heavy (non-hydrogen) atoms. The second-order valence-electron chi connectivity index (χ2n) is 5.42. The summed E-state index contributed by atoms with van der Waals surface area (Å²) in [6.07, 6.45) is 3.00. The van der Waals surface area contributed by atoms with E-state index in [1.807, 2.05) is 17.9 Å². The van der Waals surface area contributed by atoms with Crippen molar-refractivity contribution in [3.8, 4) is 5.88 Å². The van der Waals surface area contributed by atoms with Crippen LogP contribution in [0.2, 0.25) is 0 Å². The van der Waals surface area contributed by atoms with Crippen molar-refractivity contribution in [2.45, 2.75) is 45.2 Å². The fourth-order valence-electron chi connectivity index (χ4n) is 1.97. The Morgan fingerprint density at radius 3 is 2.88 bits per heavy atom. The van der Waals surface area contributed by atoms with Crippen LogP contribution in [0.15, 0.2) is 6.20 Å². The largest absolute Gasteiger partial charge is 0.476 e. The van der Waals surface area contributed by atoms with Gasteiger partial charge in [0.15, 0.2) is 0 Å². The summed E-state index contributed by atoms with van der Waals surface area (Å²) in [6, 6.07) is 0.425. The van der Waals surface area contributed by atoms with Crippen molar-refractivity contribution in [3.05, 3.63) is 11.8 Å². The molecule has 0 spiro atoms. The molecule has 4 heteroatoms. The van der Waals surface area contributed by atoms with Crippen LogP contribution in [0.3, 0.4) is 0 Å². The molecule has 0 bridgehead atoms. The Morgan fingerprint density at radius 2 is 2.25 bits per heavy atom. The molecule has 1 aliphatic rings. The molecule has 2 rings (SSSR count). The van der Waals surface area contributed by atoms with Gasteiger partial charge in [0.2, 0.25) is 5.88 Å². The smallest absolute Gasteiger partial charge is 0.215 e. The molecule has 1 aromatic rings. The van der Waals surface area contributed by atoms with Crippen LogP contribution in [0.5, 0.6) is 5.88 Å². The van der Waals surface area contributed by atoms with Gasteiger partial charge in [-0.3, -0.25) is 0 Å². The summed E-state index contributed by atoms with van der Waals surface area (Å²) >= 11 is 0. The third kappa shape index (κ3) is 2.07. The Hall–Kier alpha value is -1.03. The predicted octanol–water partition coefficient (Wildman–Crippen LogP) is 1.55. The molecule has 1 N–H and O–H groups in total. The quantitative estimate of drug-likeness (QED) is 0.785. The van der Waals surface area contributed by atoms with Crippen molar-refractivity contribution < 1.29 is 4.74 Å². The monoisotopic (exact) mass is 223 g/mol. The lowest BCUT2D eigenvalue weighted by atomic mass is 9.89. The number of nitrogens with zero attached hydrogens (tertiary/aromatic N) is 2. The highest BCUT2D eigenvalue weighted by Gasteiger charge is 2.26. The summed E-state index contributed by atoms with van der Waals surface area (Å²) in [6.45, 7) is 8.22. The van der Waals surface area contributed by atoms with E-state index in [-0.39, 0.29) is 5.41 Å². The number of fused-ring (bicyclic) bond motifs is 1. The standard InChI is InChI=1S/C12H21N3O/c1-12(2,3)10-7-14-15-6-5-9(13-4)8-16-11(10)15/h7,9,13H,5-6,8H2,1-4H3/t9-/m1/s1. The topological polar surface area (TPSA) is 39.1 Å². The molecular weight excluding hydrogens is 202 g/mol. The van der Waals surface area contributed by atoms with Crippen molar-refractivity contribution in [2.75, 3.05) is 13.7 Å². The van der Waals surface area contributed by atoms with Crippen LogP contribution < -0.4 is 10.1 Å². The first kappa shape index (κ1) is 11.5. The normalized spacial score (nSPS) is 21.1. The van der Waals surface area contributed by atoms with Gasteiger partial charge >= 0.3 is 0 Å². The fraction of sp³-hybridized carbons (Fsp3) is 0.750. The Labute approximate surface area is 97.0 Å². The molecule has 0 saturated heterocycles. The molecule has 0 aromatic carbocycles. The highest BCUT2D eigenvalue weighted by atomic mass is 16.5. The summed E-state index contributed by atoms with van der Waals surface area (Å²) in [5, 5.41) is 7.68. The number of hydrogen-bond acceptors (Lipinski definition) is 3. The van der Waals surface area contributed by atoms with Crippen molar-refractivity contribution in [1.82, 2.24) is 15.1 Å². The van der Waals surface area contributed by atoms with E-state index in [1.54, 1.807) is 0 Å². The maximum Gasteiger partial charge on any atom is 0.215 e. The van der Waals surface area contributed by atoms with Gasteiger partial charge in [0.1, 0.15) is 6.61 Å². The molecule has 1 aromatic heterocycles. The van der Waals surface area contributed by atoms with Gasteiger partial charge in [-0.25, -0.2) is 4.68 Å². The molecule has 0 unspecified atom stereocenters. The SMILES string of the molecule is CN[C@@H]1CCn2ncc(C(C)(C)C)c2OC1. The summed E-state index contributed by atoms with van der Waals surface area (Å²) in [5.74, 6) is 0.949. The van der Waals surface area contributed by atoms with E-state index < -0.39 is 0 Å². The van der Waals surface area contributed by atoms with Crippen LogP contribution in [0.4, 0.5) is 0 Å². The third-order valence-corrected chi connectivity index (χ3v) is 3.12. The Kier molecular flexibility index (Phi) is 2.93. The minimum absolute atomic E-state index is 0.0903. The van der Waals surface area contributed by atoms with Crippen LogP contribution in [0.25, 0.3) is 0 Å². The van der Waals surface area contributed by atoms with Crippen molar-refractivity contribution in [3.63, 3.8) is 0 Å². The maximum atomic E-state index is 5.89. The summed E-state index contributed by atoms with van der Waals surface area (Å²) in [7, 11) is 1.98. The summed E-state index contributed by atoms with van der Waals surface area (Å²) in [5.41, 5.74) is 1.29. The van der Waals surface area contributed by atoms with Crippen LogP contribution in [-0.2, 0) is 12.0 Å². The van der Waals surface area contributed by atoms with Crippen molar-refractivity contribution in [2.24, 2.45) is 0 Å². The molecule has 90 valence electrons. The van der Waals surface area contributed by atoms with E-state index in [2.05, 4.69) is 31.2 Å². The molecule has 1 atom stereocenters. The third-order valence-electron chi connectivity index (χ3n) is 3.12. The van der Waals surface area contributed by atoms with Gasteiger partial charge in [-0.15, -0.1) is 0 Å². The van der Waals surface area contributed by atoms with E-state index >= 15 is 0 Å². The number of ether oxygens (including phenoxy) is 1. The van der Waals surface area contributed by atoms with Gasteiger partial charge in [-0.1, -0.05) is 20.8 Å². The van der Waals surface area contributed by atoms with Gasteiger partial charge < -0.3 is 10.1 Å². The Bertz CT molecular complexity index is 365. The molecule has 0 aliphatic carbocycles. The zero-order chi connectivity index (χ0) is 11.8. The molecular formula is C12H21N3O. The number of aryl methyl sites for hydroxylation is 1. The van der Waals surface area contributed by atoms with E-state index in [0.29, 0.717) is 6.04 Å². The van der Waals surface area contributed by atoms with E-state index in [1.165, 1.54) is 5.56 Å². The summed E-state index contributed by atoms with van der Waals surface area (Å²) in [4.78, 5) is 0. The van der Waals surface area contributed by atoms with Gasteiger partial charge in [0, 0.05) is 18.2 Å². The second kappa shape index (κ2) is 4.09. The van der Waals surface area contributed by atoms with Crippen LogP contribution in [0.1, 0.15) is 32.8 Å².